The van der Waals surface area contributed by atoms with Gasteiger partial charge in [-0.3, -0.25) is 4.79 Å². The molecule has 1 amide bonds. The summed E-state index contributed by atoms with van der Waals surface area (Å²) >= 11 is 0. The van der Waals surface area contributed by atoms with Gasteiger partial charge in [0.1, 0.15) is 11.6 Å². The summed E-state index contributed by atoms with van der Waals surface area (Å²) in [4.78, 5) is 19.6. The van der Waals surface area contributed by atoms with Gasteiger partial charge in [-0.1, -0.05) is 12.1 Å². The van der Waals surface area contributed by atoms with E-state index in [9.17, 15) is 18.0 Å². The highest BCUT2D eigenvalue weighted by Crippen LogP contribution is 2.29. The minimum absolute atomic E-state index is 0.0300. The molecule has 4 aromatic rings. The first-order valence-corrected chi connectivity index (χ1v) is 11.6. The number of benzene rings is 1. The third-order valence-electron chi connectivity index (χ3n) is 6.44. The van der Waals surface area contributed by atoms with Crippen LogP contribution in [0.25, 0.3) is 16.7 Å². The number of nitrogens with one attached hydrogen (secondary N) is 1. The van der Waals surface area contributed by atoms with Crippen molar-refractivity contribution in [2.24, 2.45) is 5.92 Å². The first kappa shape index (κ1) is 23.1. The zero-order chi connectivity index (χ0) is 24.7. The van der Waals surface area contributed by atoms with Crippen LogP contribution in [0.1, 0.15) is 44.4 Å². The van der Waals surface area contributed by atoms with E-state index in [4.69, 9.17) is 4.98 Å². The van der Waals surface area contributed by atoms with Gasteiger partial charge in [0.25, 0.3) is 5.82 Å². The van der Waals surface area contributed by atoms with Crippen LogP contribution >= 0.6 is 0 Å². The molecule has 5 rings (SSSR count). The van der Waals surface area contributed by atoms with Crippen LogP contribution in [0, 0.1) is 5.92 Å². The number of anilines is 1. The molecule has 1 aromatic carbocycles. The van der Waals surface area contributed by atoms with Gasteiger partial charge < -0.3 is 14.8 Å². The van der Waals surface area contributed by atoms with Crippen LogP contribution in [0.4, 0.5) is 19.0 Å². The molecule has 1 fully saturated rings. The molecule has 3 aromatic heterocycles. The number of alkyl halides is 3. The van der Waals surface area contributed by atoms with Crippen molar-refractivity contribution < 1.29 is 18.0 Å². The zero-order valence-electron chi connectivity index (χ0n) is 19.3. The number of para-hydroxylation sites is 2. The van der Waals surface area contributed by atoms with Crippen molar-refractivity contribution in [2.45, 2.75) is 45.5 Å². The molecule has 12 heteroatoms. The molecule has 4 heterocycles. The van der Waals surface area contributed by atoms with Crippen LogP contribution in [-0.2, 0) is 17.5 Å². The van der Waals surface area contributed by atoms with Crippen molar-refractivity contribution >= 4 is 28.4 Å². The Kier molecular flexibility index (Phi) is 5.81. The molecule has 9 nitrogen and oxygen atoms in total. The fraction of sp³-hybridized carbons (Fsp3) is 0.435. The van der Waals surface area contributed by atoms with E-state index in [1.807, 2.05) is 43.0 Å². The van der Waals surface area contributed by atoms with Gasteiger partial charge in [-0.2, -0.15) is 17.7 Å². The number of aromatic nitrogens is 6. The second-order valence-electron chi connectivity index (χ2n) is 8.68. The first-order valence-electron chi connectivity index (χ1n) is 11.6. The van der Waals surface area contributed by atoms with Crippen LogP contribution < -0.4 is 10.2 Å². The lowest BCUT2D eigenvalue weighted by molar-refractivity contribution is -0.146. The van der Waals surface area contributed by atoms with E-state index < -0.39 is 12.0 Å². The highest BCUT2D eigenvalue weighted by Gasteiger charge is 2.38. The highest BCUT2D eigenvalue weighted by molar-refractivity contribution is 5.80. The second kappa shape index (κ2) is 8.82. The van der Waals surface area contributed by atoms with Crippen molar-refractivity contribution in [3.8, 4) is 0 Å². The molecule has 0 saturated carbocycles. The van der Waals surface area contributed by atoms with Crippen LogP contribution in [-0.4, -0.2) is 48.4 Å². The monoisotopic (exact) mass is 486 g/mol. The number of halogens is 3. The minimum Gasteiger partial charge on any atom is -0.355 e. The standard InChI is InChI=1S/C23H25F3N8O/c1-3-33-17-7-5-4-6-16(17)28-20(33)14(2)27-21(35)15-10-12-32(13-11-15)19-9-8-18-29-30-22(23(24,25)26)34(18)31-19/h4-9,14-15H,3,10-13H2,1-2H3,(H,27,35). The molecule has 35 heavy (non-hydrogen) atoms. The minimum atomic E-state index is -4.65. The summed E-state index contributed by atoms with van der Waals surface area (Å²) in [7, 11) is 0. The number of nitrogens with zero attached hydrogens (tertiary/aromatic N) is 7. The SMILES string of the molecule is CCn1c(C(C)NC(=O)C2CCN(c3ccc4nnc(C(F)(F)F)n4n3)CC2)nc2ccccc21. The van der Waals surface area contributed by atoms with Crippen molar-refractivity contribution in [2.75, 3.05) is 18.0 Å². The molecule has 1 unspecified atom stereocenters. The zero-order valence-corrected chi connectivity index (χ0v) is 19.3. The number of imidazole rings is 1. The predicted octanol–water partition coefficient (Wildman–Crippen LogP) is 3.61. The van der Waals surface area contributed by atoms with Crippen molar-refractivity contribution in [3.05, 3.63) is 48.0 Å². The third kappa shape index (κ3) is 4.28. The van der Waals surface area contributed by atoms with E-state index >= 15 is 0 Å². The summed E-state index contributed by atoms with van der Waals surface area (Å²) in [5.74, 6) is -0.195. The quantitative estimate of drug-likeness (QED) is 0.463. The first-order chi connectivity index (χ1) is 16.8. The average molecular weight is 487 g/mol. The number of carbonyl (C=O) groups excluding carboxylic acids is 1. The van der Waals surface area contributed by atoms with Crippen LogP contribution in [0.2, 0.25) is 0 Å². The number of fused-ring (bicyclic) bond motifs is 2. The Bertz CT molecular complexity index is 1370. The number of amides is 1. The molecule has 1 aliphatic rings. The summed E-state index contributed by atoms with van der Waals surface area (Å²) in [6, 6.07) is 10.7. The lowest BCUT2D eigenvalue weighted by Crippen LogP contribution is -2.42. The number of aryl methyl sites for hydroxylation is 1. The fourth-order valence-electron chi connectivity index (χ4n) is 4.65. The molecule has 0 aliphatic carbocycles. The van der Waals surface area contributed by atoms with E-state index in [2.05, 4.69) is 25.2 Å². The Hall–Kier alpha value is -3.70. The number of hydrogen-bond acceptors (Lipinski definition) is 6. The van der Waals surface area contributed by atoms with E-state index in [1.54, 1.807) is 6.07 Å². The van der Waals surface area contributed by atoms with Gasteiger partial charge in [-0.15, -0.1) is 15.3 Å². The number of rotatable bonds is 5. The molecule has 1 aliphatic heterocycles. The van der Waals surface area contributed by atoms with Crippen molar-refractivity contribution in [1.82, 2.24) is 34.7 Å². The molecule has 1 atom stereocenters. The maximum atomic E-state index is 13.2. The molecule has 1 N–H and O–H groups in total. The maximum absolute atomic E-state index is 13.2. The Balaban J connectivity index is 1.25. The Morgan fingerprint density at radius 2 is 1.89 bits per heavy atom. The third-order valence-corrected chi connectivity index (χ3v) is 6.44. The molecular formula is C23H25F3N8O. The van der Waals surface area contributed by atoms with Crippen LogP contribution in [0.3, 0.4) is 0 Å². The molecule has 0 spiro atoms. The van der Waals surface area contributed by atoms with E-state index in [0.717, 1.165) is 27.9 Å². The smallest absolute Gasteiger partial charge is 0.355 e. The largest absolute Gasteiger partial charge is 0.453 e. The maximum Gasteiger partial charge on any atom is 0.453 e. The summed E-state index contributed by atoms with van der Waals surface area (Å²) in [6.45, 7) is 5.72. The van der Waals surface area contributed by atoms with Gasteiger partial charge in [0.05, 0.1) is 17.1 Å². The molecule has 0 radical (unpaired) electrons. The van der Waals surface area contributed by atoms with Gasteiger partial charge in [0.2, 0.25) is 5.91 Å². The van der Waals surface area contributed by atoms with Crippen molar-refractivity contribution in [3.63, 3.8) is 0 Å². The van der Waals surface area contributed by atoms with E-state index in [-0.39, 0.29) is 23.5 Å². The lowest BCUT2D eigenvalue weighted by atomic mass is 9.95. The summed E-state index contributed by atoms with van der Waals surface area (Å²) < 4.78 is 42.3. The van der Waals surface area contributed by atoms with Gasteiger partial charge in [0.15, 0.2) is 5.65 Å². The van der Waals surface area contributed by atoms with E-state index in [1.165, 1.54) is 6.07 Å². The van der Waals surface area contributed by atoms with Crippen LogP contribution in [0.5, 0.6) is 0 Å². The van der Waals surface area contributed by atoms with Gasteiger partial charge >= 0.3 is 6.18 Å². The Morgan fingerprint density at radius 3 is 2.60 bits per heavy atom. The molecule has 184 valence electrons. The van der Waals surface area contributed by atoms with Gasteiger partial charge in [-0.05, 0) is 51.0 Å². The van der Waals surface area contributed by atoms with Crippen LogP contribution in [0.15, 0.2) is 36.4 Å². The Labute approximate surface area is 198 Å². The average Bonchev–Trinajstić information content (AvgIpc) is 3.45. The fourth-order valence-corrected chi connectivity index (χ4v) is 4.65. The predicted molar refractivity (Wildman–Crippen MR) is 123 cm³/mol. The molecule has 1 saturated heterocycles. The summed E-state index contributed by atoms with van der Waals surface area (Å²) in [5.41, 5.74) is 1.96. The summed E-state index contributed by atoms with van der Waals surface area (Å²) in [6.07, 6.45) is -3.52. The summed E-state index contributed by atoms with van der Waals surface area (Å²) in [5, 5.41) is 14.0. The number of hydrogen-bond donors (Lipinski definition) is 1. The van der Waals surface area contributed by atoms with Gasteiger partial charge in [0, 0.05) is 25.6 Å². The van der Waals surface area contributed by atoms with Gasteiger partial charge in [-0.25, -0.2) is 4.98 Å². The number of piperidine rings is 1. The topological polar surface area (TPSA) is 93.2 Å². The Morgan fingerprint density at radius 1 is 1.14 bits per heavy atom. The normalized spacial score (nSPS) is 16.2. The van der Waals surface area contributed by atoms with Crippen molar-refractivity contribution in [1.29, 1.82) is 0 Å². The second-order valence-corrected chi connectivity index (χ2v) is 8.68. The molecule has 0 bridgehead atoms. The van der Waals surface area contributed by atoms with E-state index in [0.29, 0.717) is 31.7 Å². The number of carbonyl (C=O) groups is 1. The molecular weight excluding hydrogens is 461 g/mol. The lowest BCUT2D eigenvalue weighted by Gasteiger charge is -2.32. The highest BCUT2D eigenvalue weighted by atomic mass is 19.4.